The highest BCUT2D eigenvalue weighted by atomic mass is 16.4. The average molecular weight is 445 g/mol. The van der Waals surface area contributed by atoms with Gasteiger partial charge in [-0.15, -0.1) is 0 Å². The fourth-order valence-electron chi connectivity index (χ4n) is 10.3. The Morgan fingerprint density at radius 3 is 2.09 bits per heavy atom. The molecule has 0 bridgehead atoms. The Hall–Kier alpha value is -0.860. The number of ketones is 1. The van der Waals surface area contributed by atoms with Crippen molar-refractivity contribution in [3.63, 3.8) is 0 Å². The Morgan fingerprint density at radius 1 is 0.812 bits per heavy atom. The van der Waals surface area contributed by atoms with E-state index < -0.39 is 5.97 Å². The first-order valence-corrected chi connectivity index (χ1v) is 13.8. The molecule has 0 heterocycles. The van der Waals surface area contributed by atoms with Crippen molar-refractivity contribution < 1.29 is 14.7 Å². The molecule has 0 aromatic heterocycles. The molecule has 0 amide bonds. The Morgan fingerprint density at radius 2 is 1.44 bits per heavy atom. The zero-order valence-corrected chi connectivity index (χ0v) is 21.4. The molecule has 1 N–H and O–H groups in total. The van der Waals surface area contributed by atoms with Gasteiger partial charge in [0.2, 0.25) is 0 Å². The van der Waals surface area contributed by atoms with Crippen molar-refractivity contribution in [1.29, 1.82) is 0 Å². The average Bonchev–Trinajstić information content (AvgIpc) is 3.20. The molecule has 5 aliphatic carbocycles. The number of carbonyl (C=O) groups excluding carboxylic acids is 1. The third-order valence-electron chi connectivity index (χ3n) is 11.8. The van der Waals surface area contributed by atoms with E-state index in [2.05, 4.69) is 20.8 Å². The summed E-state index contributed by atoms with van der Waals surface area (Å²) in [4.78, 5) is 22.1. The summed E-state index contributed by atoms with van der Waals surface area (Å²) in [6.07, 6.45) is 16.0. The van der Waals surface area contributed by atoms with Crippen LogP contribution in [0.15, 0.2) is 0 Å². The van der Waals surface area contributed by atoms with Crippen LogP contribution in [-0.2, 0) is 9.59 Å². The first-order valence-electron chi connectivity index (χ1n) is 13.8. The van der Waals surface area contributed by atoms with Crippen molar-refractivity contribution in [2.75, 3.05) is 0 Å². The minimum atomic E-state index is -0.465. The van der Waals surface area contributed by atoms with E-state index in [9.17, 15) is 14.7 Å². The minimum absolute atomic E-state index is 0.255. The molecule has 0 spiro atoms. The predicted molar refractivity (Wildman–Crippen MR) is 129 cm³/mol. The number of carboxylic acids is 1. The molecular formula is C29H48O3. The molecule has 9 unspecified atom stereocenters. The van der Waals surface area contributed by atoms with E-state index in [0.29, 0.717) is 29.1 Å². The molecule has 0 aliphatic heterocycles. The summed E-state index contributed by atoms with van der Waals surface area (Å²) in [6.45, 7) is 11.3. The van der Waals surface area contributed by atoms with Gasteiger partial charge < -0.3 is 9.90 Å². The van der Waals surface area contributed by atoms with Crippen LogP contribution in [0.1, 0.15) is 118 Å². The molecule has 0 aromatic rings. The molecule has 0 radical (unpaired) electrons. The molecule has 32 heavy (non-hydrogen) atoms. The van der Waals surface area contributed by atoms with Gasteiger partial charge in [-0.05, 0) is 111 Å². The Bertz CT molecular complexity index is 730. The van der Waals surface area contributed by atoms with Gasteiger partial charge in [0.1, 0.15) is 5.78 Å². The van der Waals surface area contributed by atoms with Crippen LogP contribution in [-0.4, -0.2) is 16.9 Å². The fourth-order valence-corrected chi connectivity index (χ4v) is 10.3. The maximum absolute atomic E-state index is 12.3. The predicted octanol–water partition coefficient (Wildman–Crippen LogP) is 7.52. The van der Waals surface area contributed by atoms with E-state index in [1.54, 1.807) is 6.92 Å². The van der Waals surface area contributed by atoms with E-state index >= 15 is 0 Å². The molecule has 9 atom stereocenters. The summed E-state index contributed by atoms with van der Waals surface area (Å²) >= 11 is 0. The molecule has 0 saturated heterocycles. The van der Waals surface area contributed by atoms with E-state index in [1.165, 1.54) is 57.8 Å². The number of aliphatic carboxylic acids is 1. The second-order valence-corrected chi connectivity index (χ2v) is 13.0. The molecule has 5 saturated carbocycles. The molecule has 0 aromatic carbocycles. The largest absolute Gasteiger partial charge is 0.481 e. The molecule has 5 aliphatic rings. The van der Waals surface area contributed by atoms with Gasteiger partial charge in [0.05, 0.1) is 5.41 Å². The number of Topliss-reactive ketones (excluding diaryl/α,β-unsaturated/α-hetero) is 1. The molecular weight excluding hydrogens is 396 g/mol. The maximum atomic E-state index is 12.3. The summed E-state index contributed by atoms with van der Waals surface area (Å²) in [7, 11) is 0. The van der Waals surface area contributed by atoms with Crippen molar-refractivity contribution in [2.45, 2.75) is 118 Å². The van der Waals surface area contributed by atoms with Crippen molar-refractivity contribution in [3.05, 3.63) is 0 Å². The minimum Gasteiger partial charge on any atom is -0.481 e. The lowest BCUT2D eigenvalue weighted by atomic mass is 9.38. The van der Waals surface area contributed by atoms with Crippen LogP contribution in [0.2, 0.25) is 0 Å². The lowest BCUT2D eigenvalue weighted by molar-refractivity contribution is -0.190. The summed E-state index contributed by atoms with van der Waals surface area (Å²) < 4.78 is 0. The van der Waals surface area contributed by atoms with Gasteiger partial charge in [0.25, 0.3) is 0 Å². The van der Waals surface area contributed by atoms with Crippen LogP contribution < -0.4 is 0 Å². The van der Waals surface area contributed by atoms with Gasteiger partial charge in [0, 0.05) is 6.42 Å². The zero-order valence-electron chi connectivity index (χ0n) is 21.4. The number of carboxylic acid groups (broad SMARTS) is 1. The second-order valence-electron chi connectivity index (χ2n) is 13.0. The SMILES string of the molecule is CC1CCCC2(C)C1CCC1(C)C3CCC4(C(=O)O)CCCC4C3CCC21.CCC(C)=O. The van der Waals surface area contributed by atoms with E-state index in [0.717, 1.165) is 42.9 Å². The number of carbonyl (C=O) groups is 2. The van der Waals surface area contributed by atoms with Crippen LogP contribution >= 0.6 is 0 Å². The fraction of sp³-hybridized carbons (Fsp3) is 0.931. The van der Waals surface area contributed by atoms with Crippen LogP contribution in [0.3, 0.4) is 0 Å². The van der Waals surface area contributed by atoms with Crippen molar-refractivity contribution in [3.8, 4) is 0 Å². The molecule has 182 valence electrons. The Kier molecular flexibility index (Phi) is 6.62. The zero-order chi connectivity index (χ0) is 23.3. The highest BCUT2D eigenvalue weighted by Crippen LogP contribution is 2.71. The highest BCUT2D eigenvalue weighted by Gasteiger charge is 2.65. The summed E-state index contributed by atoms with van der Waals surface area (Å²) in [5, 5.41) is 10.1. The second kappa shape index (κ2) is 8.73. The van der Waals surface area contributed by atoms with Gasteiger partial charge in [-0.25, -0.2) is 0 Å². The number of hydrogen-bond donors (Lipinski definition) is 1. The molecule has 5 fully saturated rings. The quantitative estimate of drug-likeness (QED) is 0.479. The first-order chi connectivity index (χ1) is 15.1. The lowest BCUT2D eigenvalue weighted by Gasteiger charge is -2.67. The third kappa shape index (κ3) is 3.59. The first kappa shape index (κ1) is 24.3. The van der Waals surface area contributed by atoms with Gasteiger partial charge in [-0.2, -0.15) is 0 Å². The normalized spacial score (nSPS) is 49.4. The van der Waals surface area contributed by atoms with Crippen molar-refractivity contribution in [2.24, 2.45) is 51.8 Å². The number of hydrogen-bond acceptors (Lipinski definition) is 2. The third-order valence-corrected chi connectivity index (χ3v) is 11.8. The van der Waals surface area contributed by atoms with E-state index in [4.69, 9.17) is 0 Å². The summed E-state index contributed by atoms with van der Waals surface area (Å²) in [5.41, 5.74) is 0.663. The van der Waals surface area contributed by atoms with Crippen LogP contribution in [0.25, 0.3) is 0 Å². The Labute approximate surface area is 196 Å². The number of rotatable bonds is 2. The van der Waals surface area contributed by atoms with E-state index in [-0.39, 0.29) is 11.2 Å². The highest BCUT2D eigenvalue weighted by molar-refractivity contribution is 5.76. The van der Waals surface area contributed by atoms with Gasteiger partial charge >= 0.3 is 5.97 Å². The van der Waals surface area contributed by atoms with Crippen LogP contribution in [0, 0.1) is 51.8 Å². The molecule has 3 heteroatoms. The Balaban J connectivity index is 0.000000444. The lowest BCUT2D eigenvalue weighted by Crippen LogP contribution is -2.60. The molecule has 3 nitrogen and oxygen atoms in total. The maximum Gasteiger partial charge on any atom is 0.309 e. The van der Waals surface area contributed by atoms with Gasteiger partial charge in [-0.3, -0.25) is 4.79 Å². The van der Waals surface area contributed by atoms with Gasteiger partial charge in [-0.1, -0.05) is 47.0 Å². The molecule has 5 rings (SSSR count). The van der Waals surface area contributed by atoms with Crippen molar-refractivity contribution in [1.82, 2.24) is 0 Å². The standard InChI is InChI=1S/C25H40O2.C4H8O/c1-16-6-4-12-23(2)18(16)10-14-24(3)19-11-15-25(22(26)27)13-5-7-20(25)17(19)8-9-21(23)24;1-3-4(2)5/h16-21H,4-15H2,1-3H3,(H,26,27);3H2,1-2H3. The summed E-state index contributed by atoms with van der Waals surface area (Å²) in [5.74, 6) is 4.48. The van der Waals surface area contributed by atoms with Crippen molar-refractivity contribution >= 4 is 11.8 Å². The van der Waals surface area contributed by atoms with Gasteiger partial charge in [0.15, 0.2) is 0 Å². The monoisotopic (exact) mass is 444 g/mol. The smallest absolute Gasteiger partial charge is 0.309 e. The van der Waals surface area contributed by atoms with Crippen LogP contribution in [0.4, 0.5) is 0 Å². The topological polar surface area (TPSA) is 54.4 Å². The van der Waals surface area contributed by atoms with Crippen LogP contribution in [0.5, 0.6) is 0 Å². The van der Waals surface area contributed by atoms with E-state index in [1.807, 2.05) is 6.92 Å². The summed E-state index contributed by atoms with van der Waals surface area (Å²) in [6, 6.07) is 0. The number of fused-ring (bicyclic) bond motifs is 7.